The van der Waals surface area contributed by atoms with E-state index < -0.39 is 5.91 Å². The molecule has 0 aliphatic rings. The van der Waals surface area contributed by atoms with Gasteiger partial charge in [0, 0.05) is 16.1 Å². The summed E-state index contributed by atoms with van der Waals surface area (Å²) in [6.07, 6.45) is 0. The molecule has 0 aliphatic heterocycles. The summed E-state index contributed by atoms with van der Waals surface area (Å²) in [6.45, 7) is -0.200. The minimum absolute atomic E-state index is 0.0862. The first kappa shape index (κ1) is 20.6. The number of furan rings is 2. The summed E-state index contributed by atoms with van der Waals surface area (Å²) < 4.78 is 11.2. The first-order valence-electron chi connectivity index (χ1n) is 8.80. The third-order valence-electron chi connectivity index (χ3n) is 4.34. The van der Waals surface area contributed by atoms with Crippen LogP contribution in [0.3, 0.4) is 0 Å². The average molecular weight is 463 g/mol. The number of carbonyl (C=O) groups is 1. The molecular formula is C22H14Cl3NO4. The zero-order valence-corrected chi connectivity index (χ0v) is 17.6. The second-order valence-electron chi connectivity index (χ2n) is 6.36. The molecule has 4 rings (SSSR count). The van der Waals surface area contributed by atoms with Gasteiger partial charge < -0.3 is 19.3 Å². The van der Waals surface area contributed by atoms with Crippen molar-refractivity contribution in [2.24, 2.45) is 0 Å². The maximum atomic E-state index is 12.7. The Labute approximate surface area is 186 Å². The molecule has 30 heavy (non-hydrogen) atoms. The molecule has 152 valence electrons. The second kappa shape index (κ2) is 8.58. The summed E-state index contributed by atoms with van der Waals surface area (Å²) in [5, 5.41) is 13.2. The van der Waals surface area contributed by atoms with Gasteiger partial charge in [-0.05, 0) is 60.7 Å². The Hall–Kier alpha value is -2.70. The SMILES string of the molecule is O=C(Nc1cc(-c2ccc(CO)o2)ccc1Cl)c1ccc(-c2cc(Cl)ccc2Cl)o1. The van der Waals surface area contributed by atoms with Crippen molar-refractivity contribution in [3.8, 4) is 22.6 Å². The van der Waals surface area contributed by atoms with Crippen LogP contribution in [0.4, 0.5) is 5.69 Å². The number of hydrogen-bond donors (Lipinski definition) is 2. The van der Waals surface area contributed by atoms with E-state index in [0.29, 0.717) is 49.2 Å². The standard InChI is InChI=1S/C22H14Cl3NO4/c23-13-2-5-16(24)15(10-13)20-7-8-21(30-20)22(28)26-18-9-12(1-4-17(18)25)19-6-3-14(11-27)29-19/h1-10,27H,11H2,(H,26,28). The van der Waals surface area contributed by atoms with Gasteiger partial charge >= 0.3 is 0 Å². The number of anilines is 1. The van der Waals surface area contributed by atoms with Gasteiger partial charge in [-0.25, -0.2) is 0 Å². The summed E-state index contributed by atoms with van der Waals surface area (Å²) in [4.78, 5) is 12.7. The summed E-state index contributed by atoms with van der Waals surface area (Å²) in [5.74, 6) is 1.01. The van der Waals surface area contributed by atoms with Gasteiger partial charge in [-0.1, -0.05) is 34.8 Å². The summed E-state index contributed by atoms with van der Waals surface area (Å²) >= 11 is 18.5. The van der Waals surface area contributed by atoms with Crippen LogP contribution in [0.15, 0.2) is 69.5 Å². The van der Waals surface area contributed by atoms with E-state index in [4.69, 9.17) is 48.7 Å². The van der Waals surface area contributed by atoms with E-state index in [1.807, 2.05) is 0 Å². The van der Waals surface area contributed by atoms with Crippen molar-refractivity contribution in [2.75, 3.05) is 5.32 Å². The van der Waals surface area contributed by atoms with Crippen molar-refractivity contribution in [2.45, 2.75) is 6.61 Å². The van der Waals surface area contributed by atoms with Crippen LogP contribution in [0, 0.1) is 0 Å². The van der Waals surface area contributed by atoms with Crippen molar-refractivity contribution in [1.29, 1.82) is 0 Å². The van der Waals surface area contributed by atoms with E-state index in [-0.39, 0.29) is 12.4 Å². The lowest BCUT2D eigenvalue weighted by molar-refractivity contribution is 0.0997. The van der Waals surface area contributed by atoms with Crippen LogP contribution >= 0.6 is 34.8 Å². The third-order valence-corrected chi connectivity index (χ3v) is 5.23. The molecule has 0 atom stereocenters. The Bertz CT molecular complexity index is 1230. The smallest absolute Gasteiger partial charge is 0.291 e. The van der Waals surface area contributed by atoms with Gasteiger partial charge in [-0.2, -0.15) is 0 Å². The highest BCUT2D eigenvalue weighted by molar-refractivity contribution is 6.35. The molecule has 8 heteroatoms. The van der Waals surface area contributed by atoms with Crippen molar-refractivity contribution >= 4 is 46.4 Å². The molecule has 0 saturated carbocycles. The largest absolute Gasteiger partial charge is 0.459 e. The van der Waals surface area contributed by atoms with E-state index in [9.17, 15) is 4.79 Å². The van der Waals surface area contributed by atoms with Crippen molar-refractivity contribution in [3.63, 3.8) is 0 Å². The molecule has 2 heterocycles. The van der Waals surface area contributed by atoms with Crippen LogP contribution in [0.2, 0.25) is 15.1 Å². The van der Waals surface area contributed by atoms with Crippen LogP contribution in [-0.4, -0.2) is 11.0 Å². The number of halogens is 3. The lowest BCUT2D eigenvalue weighted by Crippen LogP contribution is -2.11. The van der Waals surface area contributed by atoms with Crippen LogP contribution in [0.25, 0.3) is 22.6 Å². The minimum atomic E-state index is -0.478. The quantitative estimate of drug-likeness (QED) is 0.338. The minimum Gasteiger partial charge on any atom is -0.459 e. The highest BCUT2D eigenvalue weighted by Gasteiger charge is 2.16. The Morgan fingerprint density at radius 2 is 1.63 bits per heavy atom. The molecule has 0 radical (unpaired) electrons. The van der Waals surface area contributed by atoms with Crippen molar-refractivity contribution in [3.05, 3.63) is 87.3 Å². The van der Waals surface area contributed by atoms with E-state index >= 15 is 0 Å². The lowest BCUT2D eigenvalue weighted by atomic mass is 10.1. The number of benzene rings is 2. The maximum absolute atomic E-state index is 12.7. The van der Waals surface area contributed by atoms with Gasteiger partial charge in [-0.3, -0.25) is 4.79 Å². The lowest BCUT2D eigenvalue weighted by Gasteiger charge is -2.08. The number of carbonyl (C=O) groups excluding carboxylic acids is 1. The van der Waals surface area contributed by atoms with Gasteiger partial charge in [0.25, 0.3) is 5.91 Å². The first-order valence-corrected chi connectivity index (χ1v) is 9.94. The second-order valence-corrected chi connectivity index (χ2v) is 7.61. The van der Waals surface area contributed by atoms with Gasteiger partial charge in [0.15, 0.2) is 5.76 Å². The Morgan fingerprint density at radius 1 is 0.867 bits per heavy atom. The summed E-state index contributed by atoms with van der Waals surface area (Å²) in [5.41, 5.74) is 1.67. The zero-order chi connectivity index (χ0) is 21.3. The molecule has 0 aliphatic carbocycles. The molecule has 0 unspecified atom stereocenters. The molecule has 0 spiro atoms. The third kappa shape index (κ3) is 4.25. The number of amides is 1. The average Bonchev–Trinajstić information content (AvgIpc) is 3.41. The van der Waals surface area contributed by atoms with E-state index in [1.54, 1.807) is 60.7 Å². The van der Waals surface area contributed by atoms with Gasteiger partial charge in [-0.15, -0.1) is 0 Å². The number of aliphatic hydroxyl groups is 1. The predicted molar refractivity (Wildman–Crippen MR) is 117 cm³/mol. The number of nitrogens with one attached hydrogen (secondary N) is 1. The Morgan fingerprint density at radius 3 is 2.40 bits per heavy atom. The van der Waals surface area contributed by atoms with Crippen LogP contribution in [-0.2, 0) is 6.61 Å². The molecule has 1 amide bonds. The van der Waals surface area contributed by atoms with E-state index in [0.717, 1.165) is 0 Å². The van der Waals surface area contributed by atoms with Gasteiger partial charge in [0.1, 0.15) is 23.9 Å². The van der Waals surface area contributed by atoms with Crippen molar-refractivity contribution in [1.82, 2.24) is 0 Å². The molecule has 2 aromatic carbocycles. The maximum Gasteiger partial charge on any atom is 0.291 e. The number of hydrogen-bond acceptors (Lipinski definition) is 4. The predicted octanol–water partition coefficient (Wildman–Crippen LogP) is 6.91. The topological polar surface area (TPSA) is 75.6 Å². The van der Waals surface area contributed by atoms with Crippen LogP contribution in [0.5, 0.6) is 0 Å². The molecule has 4 aromatic rings. The van der Waals surface area contributed by atoms with Crippen LogP contribution in [0.1, 0.15) is 16.3 Å². The molecule has 5 nitrogen and oxygen atoms in total. The van der Waals surface area contributed by atoms with E-state index in [1.165, 1.54) is 0 Å². The number of aliphatic hydroxyl groups excluding tert-OH is 1. The Balaban J connectivity index is 1.58. The first-order chi connectivity index (χ1) is 14.4. The molecule has 0 saturated heterocycles. The fraction of sp³-hybridized carbons (Fsp3) is 0.0455. The summed E-state index contributed by atoms with van der Waals surface area (Å²) in [7, 11) is 0. The normalized spacial score (nSPS) is 10.9. The number of rotatable bonds is 5. The summed E-state index contributed by atoms with van der Waals surface area (Å²) in [6, 6.07) is 16.7. The molecule has 0 bridgehead atoms. The fourth-order valence-corrected chi connectivity index (χ4v) is 3.41. The molecule has 0 fully saturated rings. The molecule has 2 aromatic heterocycles. The molecule has 2 N–H and O–H groups in total. The fourth-order valence-electron chi connectivity index (χ4n) is 2.87. The van der Waals surface area contributed by atoms with Crippen molar-refractivity contribution < 1.29 is 18.7 Å². The van der Waals surface area contributed by atoms with Gasteiger partial charge in [0.05, 0.1) is 15.7 Å². The molecular weight excluding hydrogens is 449 g/mol. The van der Waals surface area contributed by atoms with E-state index in [2.05, 4.69) is 5.32 Å². The highest BCUT2D eigenvalue weighted by atomic mass is 35.5. The van der Waals surface area contributed by atoms with Crippen LogP contribution < -0.4 is 5.32 Å². The monoisotopic (exact) mass is 461 g/mol. The Kier molecular flexibility index (Phi) is 5.88. The zero-order valence-electron chi connectivity index (χ0n) is 15.3. The van der Waals surface area contributed by atoms with Gasteiger partial charge in [0.2, 0.25) is 0 Å². The highest BCUT2D eigenvalue weighted by Crippen LogP contribution is 2.33.